The standard InChI is InChI=1S/C21H20O4/c1-12-15(8-10-17(22)20(12)24)19(14-6-4-3-5-7-14)16-9-11-18(23)21(25)13(16)2/h3-11,19,22-25H,1-2H3. The van der Waals surface area contributed by atoms with Gasteiger partial charge in [-0.05, 0) is 53.8 Å². The number of hydrogen-bond donors (Lipinski definition) is 4. The first-order chi connectivity index (χ1) is 11.9. The van der Waals surface area contributed by atoms with Gasteiger partial charge in [-0.25, -0.2) is 0 Å². The van der Waals surface area contributed by atoms with Crippen LogP contribution in [-0.2, 0) is 0 Å². The number of phenolic OH excluding ortho intramolecular Hbond substituents is 4. The molecule has 0 aromatic heterocycles. The normalized spacial score (nSPS) is 11.0. The van der Waals surface area contributed by atoms with E-state index in [1.165, 1.54) is 12.1 Å². The third-order valence-corrected chi connectivity index (χ3v) is 4.66. The van der Waals surface area contributed by atoms with Crippen LogP contribution in [0, 0.1) is 13.8 Å². The fourth-order valence-electron chi connectivity index (χ4n) is 3.20. The summed E-state index contributed by atoms with van der Waals surface area (Å²) in [5.74, 6) is -0.908. The van der Waals surface area contributed by atoms with E-state index in [1.807, 2.05) is 30.3 Å². The maximum atomic E-state index is 10.2. The van der Waals surface area contributed by atoms with Gasteiger partial charge in [0.25, 0.3) is 0 Å². The molecule has 4 heteroatoms. The van der Waals surface area contributed by atoms with E-state index in [-0.39, 0.29) is 28.9 Å². The fraction of sp³-hybridized carbons (Fsp3) is 0.143. The van der Waals surface area contributed by atoms with Gasteiger partial charge < -0.3 is 20.4 Å². The van der Waals surface area contributed by atoms with Crippen LogP contribution in [0.5, 0.6) is 23.0 Å². The third-order valence-electron chi connectivity index (χ3n) is 4.66. The molecule has 0 bridgehead atoms. The topological polar surface area (TPSA) is 80.9 Å². The van der Waals surface area contributed by atoms with Crippen LogP contribution in [-0.4, -0.2) is 20.4 Å². The van der Waals surface area contributed by atoms with Gasteiger partial charge in [-0.3, -0.25) is 0 Å². The smallest absolute Gasteiger partial charge is 0.160 e. The molecule has 3 rings (SSSR count). The van der Waals surface area contributed by atoms with Crippen molar-refractivity contribution < 1.29 is 20.4 Å². The average molecular weight is 336 g/mol. The van der Waals surface area contributed by atoms with Crippen molar-refractivity contribution in [3.63, 3.8) is 0 Å². The van der Waals surface area contributed by atoms with E-state index < -0.39 is 0 Å². The van der Waals surface area contributed by atoms with E-state index in [0.29, 0.717) is 11.1 Å². The summed E-state index contributed by atoms with van der Waals surface area (Å²) in [6.45, 7) is 3.49. The molecule has 128 valence electrons. The van der Waals surface area contributed by atoms with Crippen LogP contribution in [0.2, 0.25) is 0 Å². The second-order valence-electron chi connectivity index (χ2n) is 6.14. The van der Waals surface area contributed by atoms with E-state index in [1.54, 1.807) is 26.0 Å². The fourth-order valence-corrected chi connectivity index (χ4v) is 3.20. The van der Waals surface area contributed by atoms with Crippen LogP contribution in [0.1, 0.15) is 33.7 Å². The van der Waals surface area contributed by atoms with Gasteiger partial charge in [0.15, 0.2) is 23.0 Å². The van der Waals surface area contributed by atoms with Gasteiger partial charge in [0.2, 0.25) is 0 Å². The second-order valence-corrected chi connectivity index (χ2v) is 6.14. The molecule has 25 heavy (non-hydrogen) atoms. The Morgan fingerprint density at radius 3 is 1.48 bits per heavy atom. The minimum atomic E-state index is -0.265. The van der Waals surface area contributed by atoms with E-state index >= 15 is 0 Å². The number of aromatic hydroxyl groups is 4. The molecule has 0 aliphatic carbocycles. The van der Waals surface area contributed by atoms with Gasteiger partial charge in [-0.2, -0.15) is 0 Å². The molecule has 3 aromatic rings. The van der Waals surface area contributed by atoms with Gasteiger partial charge in [-0.15, -0.1) is 0 Å². The molecule has 4 nitrogen and oxygen atoms in total. The van der Waals surface area contributed by atoms with E-state index in [0.717, 1.165) is 16.7 Å². The molecule has 0 spiro atoms. The van der Waals surface area contributed by atoms with Crippen LogP contribution in [0.3, 0.4) is 0 Å². The molecule has 0 radical (unpaired) electrons. The largest absolute Gasteiger partial charge is 0.504 e. The summed E-state index contributed by atoms with van der Waals surface area (Å²) >= 11 is 0. The Hall–Kier alpha value is -3.14. The molecule has 0 saturated heterocycles. The summed E-state index contributed by atoms with van der Waals surface area (Å²) in [4.78, 5) is 0. The van der Waals surface area contributed by atoms with Gasteiger partial charge in [0.1, 0.15) is 0 Å². The highest BCUT2D eigenvalue weighted by atomic mass is 16.3. The molecular weight excluding hydrogens is 316 g/mol. The van der Waals surface area contributed by atoms with Crippen LogP contribution < -0.4 is 0 Å². The van der Waals surface area contributed by atoms with Crippen LogP contribution in [0.4, 0.5) is 0 Å². The SMILES string of the molecule is Cc1c(C(c2ccccc2)c2ccc(O)c(O)c2C)ccc(O)c1O. The van der Waals surface area contributed by atoms with Gasteiger partial charge in [0.05, 0.1) is 0 Å². The summed E-state index contributed by atoms with van der Waals surface area (Å²) in [6.07, 6.45) is 0. The van der Waals surface area contributed by atoms with Crippen molar-refractivity contribution in [2.45, 2.75) is 19.8 Å². The molecule has 0 unspecified atom stereocenters. The molecule has 0 aliphatic rings. The molecule has 0 aliphatic heterocycles. The van der Waals surface area contributed by atoms with Crippen molar-refractivity contribution in [1.29, 1.82) is 0 Å². The first-order valence-electron chi connectivity index (χ1n) is 7.99. The Morgan fingerprint density at radius 2 is 1.04 bits per heavy atom. The van der Waals surface area contributed by atoms with Crippen molar-refractivity contribution in [3.8, 4) is 23.0 Å². The van der Waals surface area contributed by atoms with Crippen LogP contribution in [0.15, 0.2) is 54.6 Å². The maximum Gasteiger partial charge on any atom is 0.160 e. The summed E-state index contributed by atoms with van der Waals surface area (Å²) in [5.41, 5.74) is 3.75. The highest BCUT2D eigenvalue weighted by Crippen LogP contribution is 2.43. The Morgan fingerprint density at radius 1 is 0.600 bits per heavy atom. The van der Waals surface area contributed by atoms with E-state index in [9.17, 15) is 20.4 Å². The second kappa shape index (κ2) is 6.40. The van der Waals surface area contributed by atoms with Crippen LogP contribution >= 0.6 is 0 Å². The van der Waals surface area contributed by atoms with Crippen LogP contribution in [0.25, 0.3) is 0 Å². The van der Waals surface area contributed by atoms with Crippen molar-refractivity contribution in [2.24, 2.45) is 0 Å². The minimum Gasteiger partial charge on any atom is -0.504 e. The minimum absolute atomic E-state index is 0.154. The van der Waals surface area contributed by atoms with Gasteiger partial charge >= 0.3 is 0 Å². The van der Waals surface area contributed by atoms with Crippen molar-refractivity contribution >= 4 is 0 Å². The Labute approximate surface area is 146 Å². The zero-order valence-electron chi connectivity index (χ0n) is 14.1. The molecule has 0 fully saturated rings. The Balaban J connectivity index is 2.30. The third kappa shape index (κ3) is 2.87. The molecule has 0 amide bonds. The summed E-state index contributed by atoms with van der Waals surface area (Å²) in [7, 11) is 0. The lowest BCUT2D eigenvalue weighted by Gasteiger charge is -2.24. The highest BCUT2D eigenvalue weighted by Gasteiger charge is 2.24. The number of phenols is 4. The van der Waals surface area contributed by atoms with Gasteiger partial charge in [0, 0.05) is 5.92 Å². The highest BCUT2D eigenvalue weighted by molar-refractivity contribution is 5.58. The van der Waals surface area contributed by atoms with Crippen molar-refractivity contribution in [1.82, 2.24) is 0 Å². The number of hydrogen-bond acceptors (Lipinski definition) is 4. The molecule has 0 saturated carbocycles. The molecule has 0 heterocycles. The van der Waals surface area contributed by atoms with Crippen molar-refractivity contribution in [2.75, 3.05) is 0 Å². The Bertz CT molecular complexity index is 859. The molecule has 3 aromatic carbocycles. The predicted octanol–water partition coefficient (Wildman–Crippen LogP) is 4.31. The van der Waals surface area contributed by atoms with E-state index in [4.69, 9.17) is 0 Å². The average Bonchev–Trinajstić information content (AvgIpc) is 2.62. The predicted molar refractivity (Wildman–Crippen MR) is 96.4 cm³/mol. The summed E-state index contributed by atoms with van der Waals surface area (Å²) in [6, 6.07) is 16.2. The number of rotatable bonds is 3. The zero-order valence-corrected chi connectivity index (χ0v) is 14.1. The maximum absolute atomic E-state index is 10.2. The molecule has 0 atom stereocenters. The molecular formula is C21H20O4. The summed E-state index contributed by atoms with van der Waals surface area (Å²) in [5, 5.41) is 39.8. The number of benzene rings is 3. The van der Waals surface area contributed by atoms with Gasteiger partial charge in [-0.1, -0.05) is 42.5 Å². The Kier molecular flexibility index (Phi) is 4.28. The lowest BCUT2D eigenvalue weighted by molar-refractivity contribution is 0.399. The lowest BCUT2D eigenvalue weighted by atomic mass is 9.81. The van der Waals surface area contributed by atoms with Crippen molar-refractivity contribution in [3.05, 3.63) is 82.4 Å². The zero-order chi connectivity index (χ0) is 18.1. The lowest BCUT2D eigenvalue weighted by Crippen LogP contribution is -2.07. The molecule has 4 N–H and O–H groups in total. The van der Waals surface area contributed by atoms with E-state index in [2.05, 4.69) is 0 Å². The first kappa shape index (κ1) is 16.7. The monoisotopic (exact) mass is 336 g/mol. The first-order valence-corrected chi connectivity index (χ1v) is 7.99. The summed E-state index contributed by atoms with van der Waals surface area (Å²) < 4.78 is 0. The quantitative estimate of drug-likeness (QED) is 0.424.